The lowest BCUT2D eigenvalue weighted by atomic mass is 10.1. The van der Waals surface area contributed by atoms with E-state index in [-0.39, 0.29) is 31.8 Å². The van der Waals surface area contributed by atoms with Crippen LogP contribution in [-0.4, -0.2) is 54.3 Å². The second-order valence-corrected chi connectivity index (χ2v) is 10.2. The lowest BCUT2D eigenvalue weighted by Gasteiger charge is -2.34. The number of carbonyl (C=O) groups excluding carboxylic acids is 1. The van der Waals surface area contributed by atoms with E-state index >= 15 is 0 Å². The molecule has 1 aromatic heterocycles. The number of nitriles is 1. The van der Waals surface area contributed by atoms with Gasteiger partial charge >= 0.3 is 6.18 Å². The molecule has 0 aliphatic carbocycles. The maximum Gasteiger partial charge on any atom is 0.417 e. The van der Waals surface area contributed by atoms with Crippen molar-refractivity contribution in [2.45, 2.75) is 44.8 Å². The summed E-state index contributed by atoms with van der Waals surface area (Å²) in [6.07, 6.45) is -2.36. The van der Waals surface area contributed by atoms with Crippen molar-refractivity contribution in [2.75, 3.05) is 26.2 Å². The number of halogens is 3. The van der Waals surface area contributed by atoms with E-state index in [9.17, 15) is 31.6 Å². The molecule has 188 valence electrons. The summed E-state index contributed by atoms with van der Waals surface area (Å²) < 4.78 is 69.0. The van der Waals surface area contributed by atoms with Gasteiger partial charge in [-0.15, -0.1) is 0 Å². The van der Waals surface area contributed by atoms with Crippen LogP contribution in [0.5, 0.6) is 0 Å². The number of carbonyl (C=O) groups is 1. The minimum atomic E-state index is -4.82. The highest BCUT2D eigenvalue weighted by atomic mass is 32.2. The van der Waals surface area contributed by atoms with E-state index in [0.717, 1.165) is 52.4 Å². The van der Waals surface area contributed by atoms with Crippen molar-refractivity contribution >= 4 is 22.0 Å². The number of amides is 1. The van der Waals surface area contributed by atoms with Gasteiger partial charge in [0.05, 0.1) is 10.5 Å². The van der Waals surface area contributed by atoms with Gasteiger partial charge in [0.1, 0.15) is 11.6 Å². The monoisotopic (exact) mass is 508 g/mol. The van der Waals surface area contributed by atoms with Crippen LogP contribution in [0.2, 0.25) is 0 Å². The summed E-state index contributed by atoms with van der Waals surface area (Å²) in [4.78, 5) is 13.5. The highest BCUT2D eigenvalue weighted by Gasteiger charge is 2.40. The summed E-state index contributed by atoms with van der Waals surface area (Å²) in [5.74, 6) is -0.541. The number of alkyl halides is 3. The third-order valence-electron chi connectivity index (χ3n) is 6.05. The molecule has 0 atom stereocenters. The fourth-order valence-corrected chi connectivity index (χ4v) is 5.84. The topological polar surface area (TPSA) is 86.4 Å². The molecule has 2 aromatic rings. The number of sulfonamides is 1. The highest BCUT2D eigenvalue weighted by molar-refractivity contribution is 7.89. The van der Waals surface area contributed by atoms with E-state index in [1.807, 2.05) is 26.0 Å². The number of nitrogens with zero attached hydrogens (tertiary/aromatic N) is 4. The zero-order valence-corrected chi connectivity index (χ0v) is 20.6. The summed E-state index contributed by atoms with van der Waals surface area (Å²) in [5, 5.41) is 9.61. The molecule has 35 heavy (non-hydrogen) atoms. The third-order valence-corrected chi connectivity index (χ3v) is 8.00. The number of aromatic nitrogens is 1. The lowest BCUT2D eigenvalue weighted by Crippen LogP contribution is -2.51. The van der Waals surface area contributed by atoms with E-state index in [2.05, 4.69) is 11.5 Å². The van der Waals surface area contributed by atoms with Gasteiger partial charge in [0, 0.05) is 44.1 Å². The van der Waals surface area contributed by atoms with Crippen molar-refractivity contribution < 1.29 is 26.4 Å². The van der Waals surface area contributed by atoms with Crippen molar-refractivity contribution in [1.29, 1.82) is 5.26 Å². The fraction of sp³-hybridized carbons (Fsp3) is 0.417. The molecule has 1 amide bonds. The Hall–Kier alpha value is -3.10. The van der Waals surface area contributed by atoms with E-state index in [1.165, 1.54) is 17.0 Å². The molecule has 1 aliphatic rings. The Balaban J connectivity index is 1.78. The van der Waals surface area contributed by atoms with Gasteiger partial charge in [0.25, 0.3) is 5.91 Å². The Kier molecular flexibility index (Phi) is 7.77. The van der Waals surface area contributed by atoms with E-state index in [0.29, 0.717) is 0 Å². The molecule has 11 heteroatoms. The van der Waals surface area contributed by atoms with Crippen LogP contribution in [0.25, 0.3) is 6.08 Å². The van der Waals surface area contributed by atoms with Gasteiger partial charge in [-0.05, 0) is 50.1 Å². The van der Waals surface area contributed by atoms with Gasteiger partial charge in [-0.2, -0.15) is 22.7 Å². The molecule has 0 bridgehead atoms. The number of hydrogen-bond acceptors (Lipinski definition) is 4. The quantitative estimate of drug-likeness (QED) is 0.437. The molecule has 1 fully saturated rings. The molecule has 0 spiro atoms. The summed E-state index contributed by atoms with van der Waals surface area (Å²) >= 11 is 0. The van der Waals surface area contributed by atoms with Gasteiger partial charge in [-0.3, -0.25) is 4.79 Å². The van der Waals surface area contributed by atoms with Crippen molar-refractivity contribution in [2.24, 2.45) is 0 Å². The van der Waals surface area contributed by atoms with Crippen LogP contribution in [0.15, 0.2) is 40.8 Å². The second kappa shape index (κ2) is 10.3. The van der Waals surface area contributed by atoms with Crippen LogP contribution >= 0.6 is 0 Å². The van der Waals surface area contributed by atoms with Gasteiger partial charge in [0.2, 0.25) is 10.0 Å². The number of benzene rings is 1. The average Bonchev–Trinajstić information content (AvgIpc) is 3.09. The van der Waals surface area contributed by atoms with Crippen LogP contribution in [0.4, 0.5) is 13.2 Å². The van der Waals surface area contributed by atoms with Gasteiger partial charge in [0.15, 0.2) is 0 Å². The normalized spacial score (nSPS) is 15.8. The van der Waals surface area contributed by atoms with Crippen LogP contribution in [0.3, 0.4) is 0 Å². The molecule has 0 radical (unpaired) electrons. The highest BCUT2D eigenvalue weighted by Crippen LogP contribution is 2.35. The Labute approximate surface area is 203 Å². The summed E-state index contributed by atoms with van der Waals surface area (Å²) in [6.45, 7) is 6.30. The maximum atomic E-state index is 13.3. The standard InChI is InChI=1S/C24H27F3N4O3S/c1-4-9-31-17(2)14-19(18(31)3)15-20(16-28)23(32)29-10-12-30(13-11-29)35(33,34)22-8-6-5-7-21(22)24(25,26)27/h5-8,14-15H,4,9-13H2,1-3H3/b20-15+. The zero-order chi connectivity index (χ0) is 26.0. The smallest absolute Gasteiger partial charge is 0.349 e. The SMILES string of the molecule is CCCn1c(C)cc(/C=C(\C#N)C(=O)N2CCN(S(=O)(=O)c3ccccc3C(F)(F)F)CC2)c1C. The van der Waals surface area contributed by atoms with Crippen LogP contribution in [-0.2, 0) is 27.5 Å². The zero-order valence-electron chi connectivity index (χ0n) is 19.8. The first-order chi connectivity index (χ1) is 16.4. The Morgan fingerprint density at radius 3 is 2.34 bits per heavy atom. The van der Waals surface area contributed by atoms with Gasteiger partial charge in [-0.1, -0.05) is 19.1 Å². The summed E-state index contributed by atoms with van der Waals surface area (Å²) in [6, 6.07) is 7.87. The minimum absolute atomic E-state index is 0.0415. The minimum Gasteiger partial charge on any atom is -0.349 e. The first-order valence-electron chi connectivity index (χ1n) is 11.2. The molecule has 1 saturated heterocycles. The molecule has 0 saturated carbocycles. The first-order valence-corrected chi connectivity index (χ1v) is 12.6. The number of aryl methyl sites for hydroxylation is 1. The van der Waals surface area contributed by atoms with Gasteiger partial charge < -0.3 is 9.47 Å². The molecular weight excluding hydrogens is 481 g/mol. The molecule has 7 nitrogen and oxygen atoms in total. The number of piperazine rings is 1. The number of hydrogen-bond donors (Lipinski definition) is 0. The lowest BCUT2D eigenvalue weighted by molar-refractivity contribution is -0.139. The van der Waals surface area contributed by atoms with E-state index in [1.54, 1.807) is 0 Å². The van der Waals surface area contributed by atoms with Gasteiger partial charge in [-0.25, -0.2) is 8.42 Å². The van der Waals surface area contributed by atoms with E-state index in [4.69, 9.17) is 0 Å². The Bertz CT molecular complexity index is 1280. The predicted octanol–water partition coefficient (Wildman–Crippen LogP) is 3.97. The van der Waals surface area contributed by atoms with E-state index < -0.39 is 32.6 Å². The Morgan fingerprint density at radius 1 is 1.14 bits per heavy atom. The Morgan fingerprint density at radius 2 is 1.77 bits per heavy atom. The van der Waals surface area contributed by atoms with Crippen LogP contribution in [0, 0.1) is 25.2 Å². The first kappa shape index (κ1) is 26.5. The largest absolute Gasteiger partial charge is 0.417 e. The van der Waals surface area contributed by atoms with Crippen molar-refractivity contribution in [3.05, 3.63) is 58.4 Å². The molecule has 1 aromatic carbocycles. The maximum absolute atomic E-state index is 13.3. The second-order valence-electron chi connectivity index (χ2n) is 8.34. The fourth-order valence-electron chi connectivity index (χ4n) is 4.21. The van der Waals surface area contributed by atoms with Crippen molar-refractivity contribution in [1.82, 2.24) is 13.8 Å². The molecular formula is C24H27F3N4O3S. The molecule has 1 aliphatic heterocycles. The molecule has 2 heterocycles. The summed E-state index contributed by atoms with van der Waals surface area (Å²) in [7, 11) is -4.42. The van der Waals surface area contributed by atoms with Crippen LogP contribution in [0.1, 0.15) is 35.9 Å². The van der Waals surface area contributed by atoms with Crippen molar-refractivity contribution in [3.8, 4) is 6.07 Å². The molecule has 0 N–H and O–H groups in total. The van der Waals surface area contributed by atoms with Crippen LogP contribution < -0.4 is 0 Å². The molecule has 3 rings (SSSR count). The average molecular weight is 509 g/mol. The number of rotatable bonds is 6. The van der Waals surface area contributed by atoms with Crippen molar-refractivity contribution in [3.63, 3.8) is 0 Å². The molecule has 0 unspecified atom stereocenters. The third kappa shape index (κ3) is 5.44. The summed E-state index contributed by atoms with van der Waals surface area (Å²) in [5.41, 5.74) is 1.39. The predicted molar refractivity (Wildman–Crippen MR) is 125 cm³/mol.